The molecule has 6 heteroatoms. The van der Waals surface area contributed by atoms with Crippen LogP contribution in [0.2, 0.25) is 0 Å². The number of nitrogens with zero attached hydrogens (tertiary/aromatic N) is 3. The number of carbonyl (C=O) groups excluding carboxylic acids is 1. The number of aromatic nitrogens is 1. The van der Waals surface area contributed by atoms with Crippen LogP contribution in [0.4, 0.5) is 5.69 Å². The molecule has 0 saturated carbocycles. The quantitative estimate of drug-likeness (QED) is 0.845. The predicted molar refractivity (Wildman–Crippen MR) is 114 cm³/mol. The van der Waals surface area contributed by atoms with Crippen molar-refractivity contribution in [2.24, 2.45) is 0 Å². The van der Waals surface area contributed by atoms with Crippen LogP contribution in [-0.4, -0.2) is 61.2 Å². The van der Waals surface area contributed by atoms with Crippen LogP contribution in [0.1, 0.15) is 34.5 Å². The molecule has 1 aromatic carbocycles. The van der Waals surface area contributed by atoms with Crippen LogP contribution in [-0.2, 0) is 11.3 Å². The topological polar surface area (TPSA) is 57.7 Å². The van der Waals surface area contributed by atoms with Gasteiger partial charge in [-0.15, -0.1) is 0 Å². The Morgan fingerprint density at radius 2 is 1.90 bits per heavy atom. The molecule has 0 aliphatic carbocycles. The van der Waals surface area contributed by atoms with Gasteiger partial charge >= 0.3 is 0 Å². The van der Waals surface area contributed by atoms with Crippen LogP contribution in [0, 0.1) is 6.92 Å². The molecule has 2 aliphatic heterocycles. The Hall–Kier alpha value is -2.44. The molecule has 4 rings (SSSR count). The lowest BCUT2D eigenvalue weighted by molar-refractivity contribution is 0.0908. The van der Waals surface area contributed by atoms with Crippen LogP contribution < -0.4 is 10.2 Å². The highest BCUT2D eigenvalue weighted by Crippen LogP contribution is 2.24. The smallest absolute Gasteiger partial charge is 0.251 e. The average Bonchev–Trinajstić information content (AvgIpc) is 2.76. The summed E-state index contributed by atoms with van der Waals surface area (Å²) in [5.41, 5.74) is 4.08. The van der Waals surface area contributed by atoms with Gasteiger partial charge in [-0.2, -0.15) is 0 Å². The fraction of sp³-hybridized carbons (Fsp3) is 0.478. The minimum Gasteiger partial charge on any atom is -0.378 e. The monoisotopic (exact) mass is 394 g/mol. The van der Waals surface area contributed by atoms with E-state index in [2.05, 4.69) is 39.2 Å². The maximum Gasteiger partial charge on any atom is 0.251 e. The zero-order valence-electron chi connectivity index (χ0n) is 17.1. The molecule has 0 spiro atoms. The minimum atomic E-state index is 0.0424. The molecule has 154 valence electrons. The van der Waals surface area contributed by atoms with E-state index in [1.54, 1.807) is 0 Å². The molecule has 0 bridgehead atoms. The fourth-order valence-electron chi connectivity index (χ4n) is 4.24. The lowest BCUT2D eigenvalue weighted by Crippen LogP contribution is -2.44. The van der Waals surface area contributed by atoms with E-state index in [0.29, 0.717) is 0 Å². The number of piperidine rings is 1. The molecule has 2 aromatic rings. The highest BCUT2D eigenvalue weighted by Gasteiger charge is 2.23. The summed E-state index contributed by atoms with van der Waals surface area (Å²) in [5.74, 6) is 0.0424. The van der Waals surface area contributed by atoms with E-state index in [1.165, 1.54) is 0 Å². The summed E-state index contributed by atoms with van der Waals surface area (Å²) in [6, 6.07) is 12.3. The average molecular weight is 395 g/mol. The Balaban J connectivity index is 1.33. The molecule has 1 amide bonds. The number of ether oxygens (including phenoxy) is 1. The Morgan fingerprint density at radius 3 is 2.62 bits per heavy atom. The SMILES string of the molecule is Cc1c(C(=O)NC2CCN(Cc3ccccn3)CC2)cccc1N1CCOCC1. The predicted octanol–water partition coefficient (Wildman–Crippen LogP) is 2.62. The van der Waals surface area contributed by atoms with Gasteiger partial charge in [0.2, 0.25) is 0 Å². The van der Waals surface area contributed by atoms with Crippen LogP contribution >= 0.6 is 0 Å². The Bertz CT molecular complexity index is 813. The number of pyridine rings is 1. The lowest BCUT2D eigenvalue weighted by Gasteiger charge is -2.33. The van der Waals surface area contributed by atoms with Gasteiger partial charge in [0.25, 0.3) is 5.91 Å². The summed E-state index contributed by atoms with van der Waals surface area (Å²) in [6.07, 6.45) is 3.79. The first-order valence-corrected chi connectivity index (χ1v) is 10.6. The first-order valence-electron chi connectivity index (χ1n) is 10.6. The highest BCUT2D eigenvalue weighted by atomic mass is 16.5. The Labute approximate surface area is 172 Å². The second-order valence-corrected chi connectivity index (χ2v) is 7.89. The molecule has 1 N–H and O–H groups in total. The van der Waals surface area contributed by atoms with Gasteiger partial charge in [0.05, 0.1) is 18.9 Å². The standard InChI is InChI=1S/C23H30N4O2/c1-18-21(6-4-7-22(18)27-13-15-29-16-14-27)23(28)25-19-8-11-26(12-9-19)17-20-5-2-3-10-24-20/h2-7,10,19H,8-9,11-17H2,1H3,(H,25,28). The lowest BCUT2D eigenvalue weighted by atomic mass is 10.0. The zero-order valence-corrected chi connectivity index (χ0v) is 17.1. The van der Waals surface area contributed by atoms with Gasteiger partial charge in [0.1, 0.15) is 0 Å². The van der Waals surface area contributed by atoms with Crippen molar-refractivity contribution in [3.63, 3.8) is 0 Å². The van der Waals surface area contributed by atoms with Crippen LogP contribution in [0.5, 0.6) is 0 Å². The van der Waals surface area contributed by atoms with E-state index in [9.17, 15) is 4.79 Å². The summed E-state index contributed by atoms with van der Waals surface area (Å²) in [4.78, 5) is 22.1. The molecule has 0 atom stereocenters. The molecule has 0 unspecified atom stereocenters. The Kier molecular flexibility index (Phi) is 6.42. The van der Waals surface area contributed by atoms with Crippen molar-refractivity contribution in [2.75, 3.05) is 44.3 Å². The molecule has 29 heavy (non-hydrogen) atoms. The van der Waals surface area contributed by atoms with E-state index in [1.807, 2.05) is 30.5 Å². The van der Waals surface area contributed by atoms with Crippen molar-refractivity contribution in [2.45, 2.75) is 32.4 Å². The molecule has 1 aromatic heterocycles. The van der Waals surface area contributed by atoms with Crippen molar-refractivity contribution in [3.8, 4) is 0 Å². The third kappa shape index (κ3) is 4.95. The number of anilines is 1. The van der Waals surface area contributed by atoms with Crippen molar-refractivity contribution in [1.82, 2.24) is 15.2 Å². The van der Waals surface area contributed by atoms with Gasteiger partial charge in [-0.3, -0.25) is 14.7 Å². The molecule has 0 radical (unpaired) electrons. The number of rotatable bonds is 5. The number of hydrogen-bond donors (Lipinski definition) is 1. The fourth-order valence-corrected chi connectivity index (χ4v) is 4.24. The third-order valence-corrected chi connectivity index (χ3v) is 5.94. The number of nitrogens with one attached hydrogen (secondary N) is 1. The maximum absolute atomic E-state index is 13.0. The number of amides is 1. The first kappa shape index (κ1) is 19.9. The summed E-state index contributed by atoms with van der Waals surface area (Å²) in [7, 11) is 0. The van der Waals surface area contributed by atoms with Crippen molar-refractivity contribution in [1.29, 1.82) is 0 Å². The Morgan fingerprint density at radius 1 is 1.10 bits per heavy atom. The molecular weight excluding hydrogens is 364 g/mol. The molecule has 2 fully saturated rings. The van der Waals surface area contributed by atoms with Crippen molar-refractivity contribution in [3.05, 3.63) is 59.4 Å². The molecule has 6 nitrogen and oxygen atoms in total. The first-order chi connectivity index (χ1) is 14.2. The molecule has 2 saturated heterocycles. The maximum atomic E-state index is 13.0. The summed E-state index contributed by atoms with van der Waals surface area (Å²) in [6.45, 7) is 8.13. The van der Waals surface area contributed by atoms with Gasteiger partial charge in [0, 0.05) is 56.2 Å². The van der Waals surface area contributed by atoms with Crippen LogP contribution in [0.25, 0.3) is 0 Å². The zero-order chi connectivity index (χ0) is 20.1. The third-order valence-electron chi connectivity index (χ3n) is 5.94. The second-order valence-electron chi connectivity index (χ2n) is 7.89. The van der Waals surface area contributed by atoms with Gasteiger partial charge in [-0.1, -0.05) is 12.1 Å². The van der Waals surface area contributed by atoms with Crippen LogP contribution in [0.3, 0.4) is 0 Å². The molecule has 3 heterocycles. The molecular formula is C23H30N4O2. The van der Waals surface area contributed by atoms with Gasteiger partial charge in [-0.25, -0.2) is 0 Å². The van der Waals surface area contributed by atoms with Gasteiger partial charge in [-0.05, 0) is 49.6 Å². The second kappa shape index (κ2) is 9.37. The summed E-state index contributed by atoms with van der Waals surface area (Å²) >= 11 is 0. The number of hydrogen-bond acceptors (Lipinski definition) is 5. The highest BCUT2D eigenvalue weighted by molar-refractivity contribution is 5.97. The number of likely N-dealkylation sites (tertiary alicyclic amines) is 1. The summed E-state index contributed by atoms with van der Waals surface area (Å²) < 4.78 is 5.46. The van der Waals surface area contributed by atoms with Crippen molar-refractivity contribution >= 4 is 11.6 Å². The van der Waals surface area contributed by atoms with Gasteiger partial charge < -0.3 is 15.0 Å². The van der Waals surface area contributed by atoms with Crippen molar-refractivity contribution < 1.29 is 9.53 Å². The largest absolute Gasteiger partial charge is 0.378 e. The van der Waals surface area contributed by atoms with E-state index in [4.69, 9.17) is 4.74 Å². The van der Waals surface area contributed by atoms with E-state index in [-0.39, 0.29) is 11.9 Å². The van der Waals surface area contributed by atoms with E-state index < -0.39 is 0 Å². The van der Waals surface area contributed by atoms with Crippen LogP contribution in [0.15, 0.2) is 42.6 Å². The van der Waals surface area contributed by atoms with E-state index in [0.717, 1.165) is 81.3 Å². The number of carbonyl (C=O) groups is 1. The number of benzene rings is 1. The normalized spacial score (nSPS) is 18.6. The van der Waals surface area contributed by atoms with Gasteiger partial charge in [0.15, 0.2) is 0 Å². The minimum absolute atomic E-state index is 0.0424. The molecule has 2 aliphatic rings. The summed E-state index contributed by atoms with van der Waals surface area (Å²) in [5, 5.41) is 3.27. The number of morpholine rings is 1. The van der Waals surface area contributed by atoms with E-state index >= 15 is 0 Å².